The van der Waals surface area contributed by atoms with Crippen molar-refractivity contribution in [3.8, 4) is 0 Å². The monoisotopic (exact) mass is 283 g/mol. The smallest absolute Gasteiger partial charge is 0.303 e. The molecule has 1 aliphatic rings. The molecule has 0 aromatic heterocycles. The number of carbonyl (C=O) groups is 2. The number of carbonyl (C=O) groups excluding carboxylic acids is 1. The van der Waals surface area contributed by atoms with Gasteiger partial charge in [0.25, 0.3) is 0 Å². The Labute approximate surface area is 122 Å². The van der Waals surface area contributed by atoms with Gasteiger partial charge in [-0.25, -0.2) is 0 Å². The SMILES string of the molecule is CCCN(CCC)C(=O)CC1(CC(=O)O)CCCCC1. The Hall–Kier alpha value is -1.06. The molecule has 0 heterocycles. The van der Waals surface area contributed by atoms with E-state index in [0.29, 0.717) is 6.42 Å². The second-order valence-electron chi connectivity index (χ2n) is 6.19. The molecule has 0 radical (unpaired) electrons. The van der Waals surface area contributed by atoms with Gasteiger partial charge in [0.05, 0.1) is 6.42 Å². The van der Waals surface area contributed by atoms with Crippen LogP contribution in [0.1, 0.15) is 71.6 Å². The molecule has 1 N–H and O–H groups in total. The minimum atomic E-state index is -0.766. The zero-order valence-electron chi connectivity index (χ0n) is 13.0. The molecule has 116 valence electrons. The molecule has 0 aromatic rings. The highest BCUT2D eigenvalue weighted by Crippen LogP contribution is 2.42. The Morgan fingerprint density at radius 1 is 1.00 bits per heavy atom. The summed E-state index contributed by atoms with van der Waals surface area (Å²) in [5.74, 6) is -0.617. The lowest BCUT2D eigenvalue weighted by atomic mass is 9.69. The number of rotatable bonds is 8. The van der Waals surface area contributed by atoms with Gasteiger partial charge in [-0.3, -0.25) is 9.59 Å². The molecule has 1 fully saturated rings. The van der Waals surface area contributed by atoms with Crippen LogP contribution >= 0.6 is 0 Å². The van der Waals surface area contributed by atoms with E-state index in [4.69, 9.17) is 5.11 Å². The van der Waals surface area contributed by atoms with Crippen molar-refractivity contribution in [3.05, 3.63) is 0 Å². The molecule has 0 bridgehead atoms. The zero-order chi connectivity index (χ0) is 15.0. The summed E-state index contributed by atoms with van der Waals surface area (Å²) in [5, 5.41) is 9.16. The number of hydrogen-bond acceptors (Lipinski definition) is 2. The second-order valence-corrected chi connectivity index (χ2v) is 6.19. The van der Waals surface area contributed by atoms with Crippen molar-refractivity contribution in [1.29, 1.82) is 0 Å². The Balaban J connectivity index is 2.71. The molecule has 0 atom stereocenters. The molecule has 0 aromatic carbocycles. The summed E-state index contributed by atoms with van der Waals surface area (Å²) in [6.45, 7) is 5.72. The molecule has 0 spiro atoms. The van der Waals surface area contributed by atoms with Gasteiger partial charge in [-0.1, -0.05) is 33.1 Å². The summed E-state index contributed by atoms with van der Waals surface area (Å²) in [7, 11) is 0. The summed E-state index contributed by atoms with van der Waals surface area (Å²) in [4.78, 5) is 25.6. The number of nitrogens with zero attached hydrogens (tertiary/aromatic N) is 1. The van der Waals surface area contributed by atoms with E-state index in [1.54, 1.807) is 0 Å². The fourth-order valence-electron chi connectivity index (χ4n) is 3.37. The Morgan fingerprint density at radius 2 is 1.55 bits per heavy atom. The number of aliphatic carboxylic acids is 1. The summed E-state index contributed by atoms with van der Waals surface area (Å²) < 4.78 is 0. The Kier molecular flexibility index (Phi) is 7.03. The maximum Gasteiger partial charge on any atom is 0.303 e. The molecular formula is C16H29NO3. The molecule has 4 heteroatoms. The van der Waals surface area contributed by atoms with E-state index in [9.17, 15) is 9.59 Å². The number of amides is 1. The van der Waals surface area contributed by atoms with Crippen LogP contribution in [0.2, 0.25) is 0 Å². The highest BCUT2D eigenvalue weighted by Gasteiger charge is 2.37. The van der Waals surface area contributed by atoms with E-state index in [2.05, 4.69) is 13.8 Å². The van der Waals surface area contributed by atoms with Crippen LogP contribution in [0.15, 0.2) is 0 Å². The van der Waals surface area contributed by atoms with E-state index in [0.717, 1.165) is 51.6 Å². The normalized spacial score (nSPS) is 17.7. The molecule has 1 amide bonds. The van der Waals surface area contributed by atoms with Gasteiger partial charge in [-0.15, -0.1) is 0 Å². The summed E-state index contributed by atoms with van der Waals surface area (Å²) in [6.07, 6.45) is 7.53. The molecule has 1 saturated carbocycles. The van der Waals surface area contributed by atoms with Crippen LogP contribution in [0.4, 0.5) is 0 Å². The van der Waals surface area contributed by atoms with Gasteiger partial charge in [0, 0.05) is 19.5 Å². The number of carboxylic acid groups (broad SMARTS) is 1. The molecule has 0 unspecified atom stereocenters. The van der Waals surface area contributed by atoms with Crippen molar-refractivity contribution in [3.63, 3.8) is 0 Å². The van der Waals surface area contributed by atoms with Gasteiger partial charge in [0.15, 0.2) is 0 Å². The predicted molar refractivity (Wildman–Crippen MR) is 79.5 cm³/mol. The lowest BCUT2D eigenvalue weighted by molar-refractivity contribution is -0.142. The van der Waals surface area contributed by atoms with Gasteiger partial charge in [0.2, 0.25) is 5.91 Å². The first-order valence-corrected chi connectivity index (χ1v) is 8.02. The van der Waals surface area contributed by atoms with Crippen LogP contribution in [0.3, 0.4) is 0 Å². The predicted octanol–water partition coefficient (Wildman–Crippen LogP) is 3.45. The molecular weight excluding hydrogens is 254 g/mol. The van der Waals surface area contributed by atoms with Crippen molar-refractivity contribution in [1.82, 2.24) is 4.90 Å². The van der Waals surface area contributed by atoms with E-state index < -0.39 is 5.97 Å². The van der Waals surface area contributed by atoms with E-state index in [-0.39, 0.29) is 17.7 Å². The highest BCUT2D eigenvalue weighted by molar-refractivity contribution is 5.78. The summed E-state index contributed by atoms with van der Waals surface area (Å²) in [5.41, 5.74) is -0.291. The minimum Gasteiger partial charge on any atom is -0.481 e. The largest absolute Gasteiger partial charge is 0.481 e. The van der Waals surface area contributed by atoms with E-state index >= 15 is 0 Å². The van der Waals surface area contributed by atoms with Crippen LogP contribution in [0.25, 0.3) is 0 Å². The lowest BCUT2D eigenvalue weighted by Gasteiger charge is -2.37. The second kappa shape index (κ2) is 8.28. The third-order valence-electron chi connectivity index (χ3n) is 4.31. The zero-order valence-corrected chi connectivity index (χ0v) is 13.0. The Morgan fingerprint density at radius 3 is 2.00 bits per heavy atom. The lowest BCUT2D eigenvalue weighted by Crippen LogP contribution is -2.38. The summed E-state index contributed by atoms with van der Waals surface area (Å²) >= 11 is 0. The Bertz CT molecular complexity index is 316. The van der Waals surface area contributed by atoms with E-state index in [1.807, 2.05) is 4.90 Å². The fourth-order valence-corrected chi connectivity index (χ4v) is 3.37. The average Bonchev–Trinajstić information content (AvgIpc) is 2.38. The van der Waals surface area contributed by atoms with Crippen molar-refractivity contribution < 1.29 is 14.7 Å². The third kappa shape index (κ3) is 5.14. The molecule has 1 rings (SSSR count). The van der Waals surface area contributed by atoms with Gasteiger partial charge in [-0.2, -0.15) is 0 Å². The molecule has 4 nitrogen and oxygen atoms in total. The standard InChI is InChI=1S/C16H29NO3/c1-3-10-17(11-4-2)14(18)12-16(13-15(19)20)8-6-5-7-9-16/h3-13H2,1-2H3,(H,19,20). The minimum absolute atomic E-state index is 0.144. The molecule has 0 aliphatic heterocycles. The first-order chi connectivity index (χ1) is 9.53. The third-order valence-corrected chi connectivity index (χ3v) is 4.31. The van der Waals surface area contributed by atoms with Crippen molar-refractivity contribution in [2.45, 2.75) is 71.6 Å². The van der Waals surface area contributed by atoms with Crippen molar-refractivity contribution >= 4 is 11.9 Å². The first kappa shape index (κ1) is 17.0. The van der Waals surface area contributed by atoms with Crippen LogP contribution in [0, 0.1) is 5.41 Å². The molecule has 20 heavy (non-hydrogen) atoms. The average molecular weight is 283 g/mol. The fraction of sp³-hybridized carbons (Fsp3) is 0.875. The first-order valence-electron chi connectivity index (χ1n) is 8.02. The van der Waals surface area contributed by atoms with Crippen molar-refractivity contribution in [2.24, 2.45) is 5.41 Å². The maximum absolute atomic E-state index is 12.5. The van der Waals surface area contributed by atoms with E-state index in [1.165, 1.54) is 6.42 Å². The van der Waals surface area contributed by atoms with Gasteiger partial charge >= 0.3 is 5.97 Å². The molecule has 0 saturated heterocycles. The highest BCUT2D eigenvalue weighted by atomic mass is 16.4. The molecule has 1 aliphatic carbocycles. The number of hydrogen-bond donors (Lipinski definition) is 1. The number of carboxylic acids is 1. The van der Waals surface area contributed by atoms with Crippen LogP contribution in [-0.2, 0) is 9.59 Å². The summed E-state index contributed by atoms with van der Waals surface area (Å²) in [6, 6.07) is 0. The maximum atomic E-state index is 12.5. The van der Waals surface area contributed by atoms with Gasteiger partial charge in [0.1, 0.15) is 0 Å². The van der Waals surface area contributed by atoms with Crippen LogP contribution in [-0.4, -0.2) is 35.0 Å². The van der Waals surface area contributed by atoms with Gasteiger partial charge < -0.3 is 10.0 Å². The van der Waals surface area contributed by atoms with Crippen LogP contribution in [0.5, 0.6) is 0 Å². The quantitative estimate of drug-likeness (QED) is 0.742. The van der Waals surface area contributed by atoms with Crippen LogP contribution < -0.4 is 0 Å². The van der Waals surface area contributed by atoms with Crippen molar-refractivity contribution in [2.75, 3.05) is 13.1 Å². The van der Waals surface area contributed by atoms with Gasteiger partial charge in [-0.05, 0) is 31.1 Å². The topological polar surface area (TPSA) is 57.6 Å².